The number of hydrogen-bond acceptors (Lipinski definition) is 4. The van der Waals surface area contributed by atoms with E-state index in [2.05, 4.69) is 5.32 Å². The number of unbranched alkanes of at least 4 members (excludes halogenated alkanes) is 1. The van der Waals surface area contributed by atoms with E-state index in [-0.39, 0.29) is 18.9 Å². The summed E-state index contributed by atoms with van der Waals surface area (Å²) in [6.07, 6.45) is 1.96. The Balaban J connectivity index is 1.86. The molecule has 2 aromatic rings. The lowest BCUT2D eigenvalue weighted by atomic mass is 10.1. The Hall–Kier alpha value is -2.82. The number of para-hydroxylation sites is 2. The zero-order chi connectivity index (χ0) is 17.9. The smallest absolute Gasteiger partial charge is 0.340 e. The maximum absolute atomic E-state index is 12.1. The summed E-state index contributed by atoms with van der Waals surface area (Å²) >= 11 is 0. The number of ether oxygens (including phenoxy) is 2. The van der Waals surface area contributed by atoms with Gasteiger partial charge in [0.05, 0.1) is 30.9 Å². The first-order valence-electron chi connectivity index (χ1n) is 8.44. The molecule has 0 spiro atoms. The topological polar surface area (TPSA) is 64.6 Å². The highest BCUT2D eigenvalue weighted by atomic mass is 16.5. The SMILES string of the molecule is CCCCOC(=O)c1ccccc1NC(=O)CCOc1ccccc1. The molecular weight excluding hydrogens is 318 g/mol. The normalized spacial score (nSPS) is 10.1. The second kappa shape index (κ2) is 10.1. The number of esters is 1. The lowest BCUT2D eigenvalue weighted by Gasteiger charge is -2.11. The molecule has 5 heteroatoms. The first-order chi connectivity index (χ1) is 12.2. The molecule has 0 saturated carbocycles. The summed E-state index contributed by atoms with van der Waals surface area (Å²) < 4.78 is 10.7. The number of carbonyl (C=O) groups is 2. The molecule has 0 bridgehead atoms. The number of anilines is 1. The van der Waals surface area contributed by atoms with Crippen LogP contribution in [0.25, 0.3) is 0 Å². The van der Waals surface area contributed by atoms with Crippen LogP contribution in [-0.4, -0.2) is 25.1 Å². The molecule has 0 aromatic heterocycles. The highest BCUT2D eigenvalue weighted by Crippen LogP contribution is 2.17. The molecule has 1 amide bonds. The third-order valence-electron chi connectivity index (χ3n) is 3.49. The van der Waals surface area contributed by atoms with Crippen molar-refractivity contribution in [2.45, 2.75) is 26.2 Å². The summed E-state index contributed by atoms with van der Waals surface area (Å²) in [6, 6.07) is 16.1. The molecule has 0 aliphatic carbocycles. The van der Waals surface area contributed by atoms with Gasteiger partial charge in [0.25, 0.3) is 0 Å². The van der Waals surface area contributed by atoms with Crippen LogP contribution in [0, 0.1) is 0 Å². The van der Waals surface area contributed by atoms with Gasteiger partial charge in [-0.3, -0.25) is 4.79 Å². The van der Waals surface area contributed by atoms with Crippen molar-refractivity contribution in [3.8, 4) is 5.75 Å². The Morgan fingerprint density at radius 2 is 1.68 bits per heavy atom. The lowest BCUT2D eigenvalue weighted by Crippen LogP contribution is -2.18. The summed E-state index contributed by atoms with van der Waals surface area (Å²) in [5.74, 6) is 0.0739. The van der Waals surface area contributed by atoms with Crippen LogP contribution in [0.1, 0.15) is 36.5 Å². The van der Waals surface area contributed by atoms with Gasteiger partial charge in [0.15, 0.2) is 0 Å². The number of benzene rings is 2. The van der Waals surface area contributed by atoms with E-state index in [1.807, 2.05) is 37.3 Å². The van der Waals surface area contributed by atoms with Crippen LogP contribution < -0.4 is 10.1 Å². The molecule has 0 atom stereocenters. The van der Waals surface area contributed by atoms with Crippen molar-refractivity contribution in [3.63, 3.8) is 0 Å². The van der Waals surface area contributed by atoms with Gasteiger partial charge in [0.2, 0.25) is 5.91 Å². The molecule has 0 aliphatic rings. The highest BCUT2D eigenvalue weighted by Gasteiger charge is 2.14. The van der Waals surface area contributed by atoms with Crippen molar-refractivity contribution < 1.29 is 19.1 Å². The number of nitrogens with one attached hydrogen (secondary N) is 1. The van der Waals surface area contributed by atoms with Gasteiger partial charge in [-0.1, -0.05) is 43.7 Å². The van der Waals surface area contributed by atoms with Gasteiger partial charge in [0, 0.05) is 0 Å². The standard InChI is InChI=1S/C20H23NO4/c1-2-3-14-25-20(23)17-11-7-8-12-18(17)21-19(22)13-15-24-16-9-5-4-6-10-16/h4-12H,2-3,13-15H2,1H3,(H,21,22). The molecule has 5 nitrogen and oxygen atoms in total. The molecule has 0 unspecified atom stereocenters. The minimum absolute atomic E-state index is 0.189. The molecule has 2 rings (SSSR count). The maximum atomic E-state index is 12.1. The Bertz CT molecular complexity index is 685. The van der Waals surface area contributed by atoms with E-state index in [1.54, 1.807) is 24.3 Å². The Morgan fingerprint density at radius 1 is 0.960 bits per heavy atom. The molecule has 0 aliphatic heterocycles. The van der Waals surface area contributed by atoms with Crippen molar-refractivity contribution >= 4 is 17.6 Å². The van der Waals surface area contributed by atoms with Crippen LogP contribution in [0.5, 0.6) is 5.75 Å². The number of amides is 1. The van der Waals surface area contributed by atoms with Gasteiger partial charge in [-0.25, -0.2) is 4.79 Å². The second-order valence-electron chi connectivity index (χ2n) is 5.49. The van der Waals surface area contributed by atoms with Gasteiger partial charge >= 0.3 is 5.97 Å². The molecule has 25 heavy (non-hydrogen) atoms. The van der Waals surface area contributed by atoms with Crippen molar-refractivity contribution in [3.05, 3.63) is 60.2 Å². The van der Waals surface area contributed by atoms with Crippen molar-refractivity contribution in [1.29, 1.82) is 0 Å². The van der Waals surface area contributed by atoms with E-state index in [0.29, 0.717) is 17.9 Å². The van der Waals surface area contributed by atoms with Crippen LogP contribution in [0.3, 0.4) is 0 Å². The first kappa shape index (κ1) is 18.5. The van der Waals surface area contributed by atoms with Crippen LogP contribution in [-0.2, 0) is 9.53 Å². The molecule has 0 saturated heterocycles. The van der Waals surface area contributed by atoms with E-state index >= 15 is 0 Å². The van der Waals surface area contributed by atoms with Crippen LogP contribution in [0.4, 0.5) is 5.69 Å². The Morgan fingerprint density at radius 3 is 2.44 bits per heavy atom. The number of hydrogen-bond donors (Lipinski definition) is 1. The van der Waals surface area contributed by atoms with Gasteiger partial charge in [-0.05, 0) is 30.7 Å². The number of rotatable bonds is 9. The van der Waals surface area contributed by atoms with Crippen molar-refractivity contribution in [2.75, 3.05) is 18.5 Å². The largest absolute Gasteiger partial charge is 0.493 e. The quantitative estimate of drug-likeness (QED) is 0.552. The third kappa shape index (κ3) is 6.30. The van der Waals surface area contributed by atoms with E-state index in [0.717, 1.165) is 18.6 Å². The monoisotopic (exact) mass is 341 g/mol. The first-order valence-corrected chi connectivity index (χ1v) is 8.44. The van der Waals surface area contributed by atoms with Crippen LogP contribution in [0.2, 0.25) is 0 Å². The van der Waals surface area contributed by atoms with Crippen molar-refractivity contribution in [2.24, 2.45) is 0 Å². The average molecular weight is 341 g/mol. The predicted molar refractivity (Wildman–Crippen MR) is 96.8 cm³/mol. The van der Waals surface area contributed by atoms with Gasteiger partial charge in [-0.15, -0.1) is 0 Å². The summed E-state index contributed by atoms with van der Waals surface area (Å²) in [5, 5.41) is 2.75. The Labute approximate surface area is 148 Å². The molecule has 0 fully saturated rings. The zero-order valence-corrected chi connectivity index (χ0v) is 14.4. The zero-order valence-electron chi connectivity index (χ0n) is 14.4. The molecule has 0 heterocycles. The van der Waals surface area contributed by atoms with E-state index < -0.39 is 5.97 Å². The summed E-state index contributed by atoms with van der Waals surface area (Å²) in [7, 11) is 0. The third-order valence-corrected chi connectivity index (χ3v) is 3.49. The van der Waals surface area contributed by atoms with E-state index in [9.17, 15) is 9.59 Å². The number of carbonyl (C=O) groups excluding carboxylic acids is 2. The fourth-order valence-corrected chi connectivity index (χ4v) is 2.15. The van der Waals surface area contributed by atoms with Crippen molar-refractivity contribution in [1.82, 2.24) is 0 Å². The minimum atomic E-state index is -0.426. The van der Waals surface area contributed by atoms with E-state index in [1.165, 1.54) is 0 Å². The minimum Gasteiger partial charge on any atom is -0.493 e. The fourth-order valence-electron chi connectivity index (χ4n) is 2.15. The summed E-state index contributed by atoms with van der Waals surface area (Å²) in [4.78, 5) is 24.2. The predicted octanol–water partition coefficient (Wildman–Crippen LogP) is 4.05. The van der Waals surface area contributed by atoms with Gasteiger partial charge in [0.1, 0.15) is 5.75 Å². The average Bonchev–Trinajstić information content (AvgIpc) is 2.63. The molecule has 1 N–H and O–H groups in total. The van der Waals surface area contributed by atoms with E-state index in [4.69, 9.17) is 9.47 Å². The van der Waals surface area contributed by atoms with Crippen LogP contribution in [0.15, 0.2) is 54.6 Å². The fraction of sp³-hybridized carbons (Fsp3) is 0.300. The molecule has 0 radical (unpaired) electrons. The second-order valence-corrected chi connectivity index (χ2v) is 5.49. The Kier molecular flexibility index (Phi) is 7.50. The lowest BCUT2D eigenvalue weighted by molar-refractivity contribution is -0.116. The summed E-state index contributed by atoms with van der Waals surface area (Å²) in [6.45, 7) is 2.67. The van der Waals surface area contributed by atoms with Gasteiger partial charge in [-0.2, -0.15) is 0 Å². The molecule has 2 aromatic carbocycles. The molecular formula is C20H23NO4. The van der Waals surface area contributed by atoms with Crippen LogP contribution >= 0.6 is 0 Å². The summed E-state index contributed by atoms with van der Waals surface area (Å²) in [5.41, 5.74) is 0.810. The van der Waals surface area contributed by atoms with Gasteiger partial charge < -0.3 is 14.8 Å². The highest BCUT2D eigenvalue weighted by molar-refractivity contribution is 6.01. The maximum Gasteiger partial charge on any atom is 0.340 e. The molecule has 132 valence electrons.